The van der Waals surface area contributed by atoms with Gasteiger partial charge in [-0.25, -0.2) is 4.79 Å². The minimum atomic E-state index is -1.08. The van der Waals surface area contributed by atoms with Crippen molar-refractivity contribution in [3.05, 3.63) is 0 Å². The van der Waals surface area contributed by atoms with Gasteiger partial charge in [0.15, 0.2) is 0 Å². The molecule has 0 saturated heterocycles. The lowest BCUT2D eigenvalue weighted by atomic mass is 10.5. The molecular weight excluding hydrogens is 236 g/mol. The van der Waals surface area contributed by atoms with Crippen molar-refractivity contribution in [2.45, 2.75) is 50.9 Å². The number of hydrogen-bond acceptors (Lipinski definition) is 2. The number of rotatable bonds is 8. The van der Waals surface area contributed by atoms with Gasteiger partial charge in [-0.05, 0) is 6.42 Å². The molecule has 0 aromatic carbocycles. The van der Waals surface area contributed by atoms with E-state index in [-0.39, 0.29) is 6.61 Å². The van der Waals surface area contributed by atoms with Crippen molar-refractivity contribution in [2.24, 2.45) is 0 Å². The summed E-state index contributed by atoms with van der Waals surface area (Å²) >= 11 is 0. The summed E-state index contributed by atoms with van der Waals surface area (Å²) in [6.07, 6.45) is 1.01. The highest BCUT2D eigenvalue weighted by atomic mass is 28.4. The molecule has 0 spiro atoms. The van der Waals surface area contributed by atoms with Crippen molar-refractivity contribution < 1.29 is 14.6 Å². The maximum Gasteiger partial charge on any atom is 0.329 e. The number of carbonyl (C=O) groups is 1. The third kappa shape index (κ3) is 10.4. The molecule has 0 aromatic heterocycles. The minimum Gasteiger partial charge on any atom is -0.480 e. The molecule has 0 bridgehead atoms. The Hall–Kier alpha value is -0.136. The van der Waals surface area contributed by atoms with Crippen LogP contribution in [0.4, 0.5) is 0 Å². The Labute approximate surface area is 101 Å². The van der Waals surface area contributed by atoms with E-state index in [9.17, 15) is 4.79 Å². The van der Waals surface area contributed by atoms with E-state index in [0.717, 1.165) is 6.42 Å². The third-order valence-corrected chi connectivity index (χ3v) is 12.2. The van der Waals surface area contributed by atoms with Gasteiger partial charge in [0.1, 0.15) is 6.61 Å². The Bertz CT molecular complexity index is 222. The summed E-state index contributed by atoms with van der Waals surface area (Å²) in [4.78, 5) is 10.2. The van der Waals surface area contributed by atoms with Crippen LogP contribution in [-0.4, -0.2) is 40.4 Å². The largest absolute Gasteiger partial charge is 0.480 e. The number of aliphatic carboxylic acids is 1. The molecule has 0 aliphatic carbocycles. The van der Waals surface area contributed by atoms with E-state index in [0.29, 0.717) is 6.61 Å². The second-order valence-electron chi connectivity index (χ2n) is 6.45. The van der Waals surface area contributed by atoms with Gasteiger partial charge in [-0.2, -0.15) is 0 Å². The Kier molecular flexibility index (Phi) is 6.51. The smallest absolute Gasteiger partial charge is 0.329 e. The van der Waals surface area contributed by atoms with Gasteiger partial charge in [-0.1, -0.05) is 44.4 Å². The van der Waals surface area contributed by atoms with Crippen LogP contribution >= 0.6 is 0 Å². The number of carboxylic acids is 1. The van der Waals surface area contributed by atoms with E-state index in [2.05, 4.69) is 32.7 Å². The van der Waals surface area contributed by atoms with Gasteiger partial charge >= 0.3 is 5.97 Å². The molecule has 0 amide bonds. The zero-order chi connectivity index (χ0) is 12.8. The van der Waals surface area contributed by atoms with Crippen LogP contribution in [-0.2, 0) is 9.53 Å². The zero-order valence-electron chi connectivity index (χ0n) is 11.3. The first-order chi connectivity index (χ1) is 7.12. The molecule has 0 saturated carbocycles. The molecule has 5 heteroatoms. The normalized spacial score (nSPS) is 12.8. The van der Waals surface area contributed by atoms with Crippen molar-refractivity contribution in [1.29, 1.82) is 0 Å². The lowest BCUT2D eigenvalue weighted by molar-refractivity contribution is -0.142. The van der Waals surface area contributed by atoms with Crippen LogP contribution in [0, 0.1) is 0 Å². The van der Waals surface area contributed by atoms with Crippen LogP contribution in [0.2, 0.25) is 44.4 Å². The molecule has 96 valence electrons. The van der Waals surface area contributed by atoms with Crippen molar-refractivity contribution in [2.75, 3.05) is 13.2 Å². The predicted octanol–water partition coefficient (Wildman–Crippen LogP) is 3.06. The van der Waals surface area contributed by atoms with Crippen molar-refractivity contribution in [1.82, 2.24) is 0 Å². The molecule has 0 unspecified atom stereocenters. The maximum atomic E-state index is 10.2. The predicted molar refractivity (Wildman–Crippen MR) is 73.5 cm³/mol. The van der Waals surface area contributed by atoms with Gasteiger partial charge in [-0.3, -0.25) is 0 Å². The SMILES string of the molecule is C[Si](C)(C)C[Si](C)(C)CCCOCC(=O)O. The molecule has 0 radical (unpaired) electrons. The van der Waals surface area contributed by atoms with Crippen LogP contribution in [0.15, 0.2) is 0 Å². The van der Waals surface area contributed by atoms with E-state index in [1.165, 1.54) is 11.7 Å². The summed E-state index contributed by atoms with van der Waals surface area (Å²) in [5, 5.41) is 8.41. The first kappa shape index (κ1) is 15.9. The molecule has 0 fully saturated rings. The van der Waals surface area contributed by atoms with Gasteiger partial charge < -0.3 is 9.84 Å². The highest BCUT2D eigenvalue weighted by Crippen LogP contribution is 2.24. The summed E-state index contributed by atoms with van der Waals surface area (Å²) in [6.45, 7) is 12.6. The first-order valence-electron chi connectivity index (χ1n) is 5.92. The van der Waals surface area contributed by atoms with E-state index < -0.39 is 22.1 Å². The summed E-state index contributed by atoms with van der Waals surface area (Å²) in [5.41, 5.74) is 1.44. The van der Waals surface area contributed by atoms with Gasteiger partial charge in [0, 0.05) is 22.8 Å². The molecule has 0 aromatic rings. The zero-order valence-corrected chi connectivity index (χ0v) is 13.3. The number of hydrogen-bond donors (Lipinski definition) is 1. The fourth-order valence-corrected chi connectivity index (χ4v) is 15.6. The lowest BCUT2D eigenvalue weighted by Crippen LogP contribution is -2.37. The molecule has 3 nitrogen and oxygen atoms in total. The lowest BCUT2D eigenvalue weighted by Gasteiger charge is -2.29. The quantitative estimate of drug-likeness (QED) is 0.540. The van der Waals surface area contributed by atoms with Crippen molar-refractivity contribution >= 4 is 22.1 Å². The topological polar surface area (TPSA) is 46.5 Å². The molecule has 0 heterocycles. The Morgan fingerprint density at radius 1 is 1.19 bits per heavy atom. The summed E-state index contributed by atoms with van der Waals surface area (Å²) < 4.78 is 5.05. The standard InChI is InChI=1S/C11H26O3Si2/c1-15(2,3)10-16(4,5)8-6-7-14-9-11(12)13/h6-10H2,1-5H3,(H,12,13). The third-order valence-electron chi connectivity index (χ3n) is 2.38. The monoisotopic (exact) mass is 262 g/mol. The molecule has 16 heavy (non-hydrogen) atoms. The van der Waals surface area contributed by atoms with Gasteiger partial charge in [0.25, 0.3) is 0 Å². The maximum absolute atomic E-state index is 10.2. The second-order valence-corrected chi connectivity index (χ2v) is 17.8. The molecule has 0 aliphatic heterocycles. The van der Waals surface area contributed by atoms with E-state index in [1.807, 2.05) is 0 Å². The highest BCUT2D eigenvalue weighted by molar-refractivity contribution is 6.94. The fraction of sp³-hybridized carbons (Fsp3) is 0.909. The van der Waals surface area contributed by atoms with Crippen LogP contribution in [0.5, 0.6) is 0 Å². The van der Waals surface area contributed by atoms with Gasteiger partial charge in [-0.15, -0.1) is 0 Å². The van der Waals surface area contributed by atoms with E-state index in [4.69, 9.17) is 9.84 Å². The van der Waals surface area contributed by atoms with Crippen LogP contribution < -0.4 is 0 Å². The number of ether oxygens (including phenoxy) is 1. The second kappa shape index (κ2) is 6.56. The van der Waals surface area contributed by atoms with Crippen LogP contribution in [0.25, 0.3) is 0 Å². The minimum absolute atomic E-state index is 0.157. The van der Waals surface area contributed by atoms with Gasteiger partial charge in [0.05, 0.1) is 0 Å². The Balaban J connectivity index is 3.70. The van der Waals surface area contributed by atoms with Crippen molar-refractivity contribution in [3.8, 4) is 0 Å². The summed E-state index contributed by atoms with van der Waals surface area (Å²) in [7, 11) is -2.03. The molecule has 0 aliphatic rings. The average molecular weight is 262 g/mol. The van der Waals surface area contributed by atoms with Crippen LogP contribution in [0.3, 0.4) is 0 Å². The van der Waals surface area contributed by atoms with Crippen LogP contribution in [0.1, 0.15) is 6.42 Å². The van der Waals surface area contributed by atoms with Crippen molar-refractivity contribution in [3.63, 3.8) is 0 Å². The Morgan fingerprint density at radius 3 is 2.19 bits per heavy atom. The Morgan fingerprint density at radius 2 is 1.75 bits per heavy atom. The first-order valence-corrected chi connectivity index (χ1v) is 13.0. The summed E-state index contributed by atoms with van der Waals surface area (Å²) in [5.74, 6) is -0.876. The van der Waals surface area contributed by atoms with E-state index >= 15 is 0 Å². The van der Waals surface area contributed by atoms with E-state index in [1.54, 1.807) is 0 Å². The average Bonchev–Trinajstić information content (AvgIpc) is 1.97. The number of carboxylic acid groups (broad SMARTS) is 1. The summed E-state index contributed by atoms with van der Waals surface area (Å²) in [6, 6.07) is 1.25. The van der Waals surface area contributed by atoms with Gasteiger partial charge in [0.2, 0.25) is 0 Å². The fourth-order valence-electron chi connectivity index (χ4n) is 2.34. The molecule has 0 atom stereocenters. The molecule has 1 N–H and O–H groups in total. The molecule has 0 rings (SSSR count). The molecular formula is C11H26O3Si2. The highest BCUT2D eigenvalue weighted by Gasteiger charge is 2.27.